The molecule has 0 saturated carbocycles. The Morgan fingerprint density at radius 2 is 1.86 bits per heavy atom. The number of aliphatic imine (C=N–C) groups is 1. The Kier molecular flexibility index (Phi) is 7.91. The molecule has 1 aliphatic heterocycles. The second-order valence-corrected chi connectivity index (χ2v) is 8.93. The average molecular weight is 514 g/mol. The van der Waals surface area contributed by atoms with Crippen LogP contribution in [0.1, 0.15) is 34.0 Å². The Balaban J connectivity index is 1.54. The molecule has 0 aliphatic carbocycles. The van der Waals surface area contributed by atoms with Crippen LogP contribution in [0.5, 0.6) is 11.5 Å². The molecule has 0 atom stereocenters. The number of hydrogen-bond donors (Lipinski definition) is 1. The molecule has 1 heterocycles. The minimum atomic E-state index is -1.01. The highest BCUT2D eigenvalue weighted by atomic mass is 32.2. The molecule has 3 aromatic rings. The van der Waals surface area contributed by atoms with Crippen molar-refractivity contribution in [2.75, 3.05) is 13.7 Å². The standard InChI is InChI=1S/C28H23N3O5S/c1-3-35-24-14-18(8-13-23(24)36-17-21-7-5-4-6-20(21)16-29)15-25-26(32)31(2)28(37-25)30-22-11-9-19(10-12-22)27(33)34/h4-15H,3,17H2,1-2H3,(H,33,34)/b25-15-,30-28?. The van der Waals surface area contributed by atoms with Crippen molar-refractivity contribution in [3.05, 3.63) is 93.9 Å². The van der Waals surface area contributed by atoms with Gasteiger partial charge in [0.1, 0.15) is 6.61 Å². The fraction of sp³-hybridized carbons (Fsp3) is 0.143. The highest BCUT2D eigenvalue weighted by molar-refractivity contribution is 8.18. The van der Waals surface area contributed by atoms with E-state index in [-0.39, 0.29) is 18.1 Å². The number of nitrogens with zero attached hydrogens (tertiary/aromatic N) is 3. The molecule has 1 fully saturated rings. The van der Waals surface area contributed by atoms with E-state index in [0.717, 1.165) is 11.1 Å². The van der Waals surface area contributed by atoms with Crippen molar-refractivity contribution < 1.29 is 24.2 Å². The largest absolute Gasteiger partial charge is 0.490 e. The van der Waals surface area contributed by atoms with E-state index in [9.17, 15) is 14.9 Å². The minimum absolute atomic E-state index is 0.167. The summed E-state index contributed by atoms with van der Waals surface area (Å²) in [5.41, 5.74) is 2.80. The van der Waals surface area contributed by atoms with Crippen LogP contribution in [0.15, 0.2) is 76.6 Å². The zero-order chi connectivity index (χ0) is 26.4. The van der Waals surface area contributed by atoms with Gasteiger partial charge < -0.3 is 14.6 Å². The maximum absolute atomic E-state index is 12.8. The lowest BCUT2D eigenvalue weighted by Crippen LogP contribution is -2.23. The molecule has 4 rings (SSSR count). The summed E-state index contributed by atoms with van der Waals surface area (Å²) in [7, 11) is 1.64. The van der Waals surface area contributed by atoms with Crippen LogP contribution in [0.2, 0.25) is 0 Å². The maximum atomic E-state index is 12.8. The number of carboxylic acid groups (broad SMARTS) is 1. The van der Waals surface area contributed by atoms with Crippen molar-refractivity contribution in [2.24, 2.45) is 4.99 Å². The summed E-state index contributed by atoms with van der Waals surface area (Å²) >= 11 is 1.23. The molecular formula is C28H23N3O5S. The van der Waals surface area contributed by atoms with E-state index in [1.165, 1.54) is 28.8 Å². The number of carboxylic acids is 1. The zero-order valence-electron chi connectivity index (χ0n) is 20.2. The molecular weight excluding hydrogens is 490 g/mol. The van der Waals surface area contributed by atoms with Gasteiger partial charge in [-0.15, -0.1) is 0 Å². The van der Waals surface area contributed by atoms with Crippen LogP contribution in [0.3, 0.4) is 0 Å². The second kappa shape index (κ2) is 11.5. The van der Waals surface area contributed by atoms with Gasteiger partial charge in [0.15, 0.2) is 16.7 Å². The number of amides is 1. The molecule has 0 aromatic heterocycles. The van der Waals surface area contributed by atoms with E-state index < -0.39 is 5.97 Å². The third kappa shape index (κ3) is 6.00. The molecule has 0 bridgehead atoms. The molecule has 1 N–H and O–H groups in total. The van der Waals surface area contributed by atoms with E-state index in [1.54, 1.807) is 49.5 Å². The van der Waals surface area contributed by atoms with Crippen molar-refractivity contribution in [2.45, 2.75) is 13.5 Å². The number of carbonyl (C=O) groups excluding carboxylic acids is 1. The van der Waals surface area contributed by atoms with E-state index in [1.807, 2.05) is 25.1 Å². The van der Waals surface area contributed by atoms with Crippen molar-refractivity contribution in [3.8, 4) is 17.6 Å². The lowest BCUT2D eigenvalue weighted by Gasteiger charge is -2.13. The summed E-state index contributed by atoms with van der Waals surface area (Å²) in [6, 6.07) is 21.0. The molecule has 0 spiro atoms. The quantitative estimate of drug-likeness (QED) is 0.398. The van der Waals surface area contributed by atoms with E-state index in [0.29, 0.717) is 39.4 Å². The van der Waals surface area contributed by atoms with Gasteiger partial charge in [-0.2, -0.15) is 5.26 Å². The van der Waals surface area contributed by atoms with Gasteiger partial charge in [-0.3, -0.25) is 9.69 Å². The van der Waals surface area contributed by atoms with Gasteiger partial charge in [0.25, 0.3) is 5.91 Å². The number of carbonyl (C=O) groups is 2. The van der Waals surface area contributed by atoms with Crippen LogP contribution in [-0.2, 0) is 11.4 Å². The highest BCUT2D eigenvalue weighted by Gasteiger charge is 2.30. The third-order valence-electron chi connectivity index (χ3n) is 5.43. The first kappa shape index (κ1) is 25.5. The van der Waals surface area contributed by atoms with E-state index in [2.05, 4.69) is 11.1 Å². The van der Waals surface area contributed by atoms with Gasteiger partial charge in [-0.1, -0.05) is 24.3 Å². The van der Waals surface area contributed by atoms with Crippen molar-refractivity contribution in [3.63, 3.8) is 0 Å². The number of nitriles is 1. The molecule has 9 heteroatoms. The third-order valence-corrected chi connectivity index (χ3v) is 6.49. The predicted molar refractivity (Wildman–Crippen MR) is 142 cm³/mol. The number of thioether (sulfide) groups is 1. The van der Waals surface area contributed by atoms with Crippen molar-refractivity contribution in [1.29, 1.82) is 5.26 Å². The summed E-state index contributed by atoms with van der Waals surface area (Å²) in [6.45, 7) is 2.52. The summed E-state index contributed by atoms with van der Waals surface area (Å²) in [5.74, 6) is -0.145. The Morgan fingerprint density at radius 3 is 2.57 bits per heavy atom. The zero-order valence-corrected chi connectivity index (χ0v) is 21.0. The van der Waals surface area contributed by atoms with Gasteiger partial charge in [0.05, 0.1) is 34.4 Å². The predicted octanol–water partition coefficient (Wildman–Crippen LogP) is 5.47. The van der Waals surface area contributed by atoms with Gasteiger partial charge in [-0.05, 0) is 72.8 Å². The van der Waals surface area contributed by atoms with Gasteiger partial charge >= 0.3 is 5.97 Å². The number of benzene rings is 3. The van der Waals surface area contributed by atoms with Gasteiger partial charge in [-0.25, -0.2) is 9.79 Å². The van der Waals surface area contributed by atoms with Crippen LogP contribution >= 0.6 is 11.8 Å². The Morgan fingerprint density at radius 1 is 1.11 bits per heavy atom. The Labute approximate surface area is 218 Å². The smallest absolute Gasteiger partial charge is 0.335 e. The highest BCUT2D eigenvalue weighted by Crippen LogP contribution is 2.35. The van der Waals surface area contributed by atoms with Crippen LogP contribution in [0.4, 0.5) is 5.69 Å². The van der Waals surface area contributed by atoms with E-state index >= 15 is 0 Å². The fourth-order valence-electron chi connectivity index (χ4n) is 3.50. The molecule has 1 saturated heterocycles. The minimum Gasteiger partial charge on any atom is -0.490 e. The second-order valence-electron chi connectivity index (χ2n) is 7.92. The number of amidine groups is 1. The first-order valence-electron chi connectivity index (χ1n) is 11.4. The summed E-state index contributed by atoms with van der Waals surface area (Å²) in [5, 5.41) is 18.8. The number of aromatic carboxylic acids is 1. The number of rotatable bonds is 8. The molecule has 0 radical (unpaired) electrons. The fourth-order valence-corrected chi connectivity index (χ4v) is 4.49. The first-order valence-corrected chi connectivity index (χ1v) is 12.2. The molecule has 1 amide bonds. The number of ether oxygens (including phenoxy) is 2. The Hall–Kier alpha value is -4.55. The molecule has 0 unspecified atom stereocenters. The number of likely N-dealkylation sites (N-methyl/N-ethyl adjacent to an activating group) is 1. The first-order chi connectivity index (χ1) is 17.9. The number of hydrogen-bond acceptors (Lipinski definition) is 7. The summed E-state index contributed by atoms with van der Waals surface area (Å²) in [4.78, 5) is 30.3. The molecule has 3 aromatic carbocycles. The van der Waals surface area contributed by atoms with Crippen LogP contribution in [0.25, 0.3) is 6.08 Å². The maximum Gasteiger partial charge on any atom is 0.335 e. The van der Waals surface area contributed by atoms with Crippen molar-refractivity contribution in [1.82, 2.24) is 4.90 Å². The van der Waals surface area contributed by atoms with E-state index in [4.69, 9.17) is 14.6 Å². The van der Waals surface area contributed by atoms with Gasteiger partial charge in [0, 0.05) is 12.6 Å². The monoisotopic (exact) mass is 513 g/mol. The summed E-state index contributed by atoms with van der Waals surface area (Å²) in [6.07, 6.45) is 1.76. The normalized spacial score (nSPS) is 15.2. The van der Waals surface area contributed by atoms with Gasteiger partial charge in [0.2, 0.25) is 0 Å². The summed E-state index contributed by atoms with van der Waals surface area (Å²) < 4.78 is 11.7. The van der Waals surface area contributed by atoms with Crippen LogP contribution < -0.4 is 9.47 Å². The molecule has 8 nitrogen and oxygen atoms in total. The lowest BCUT2D eigenvalue weighted by molar-refractivity contribution is -0.121. The topological polar surface area (TPSA) is 112 Å². The van der Waals surface area contributed by atoms with Crippen LogP contribution in [0, 0.1) is 11.3 Å². The van der Waals surface area contributed by atoms with Crippen LogP contribution in [-0.4, -0.2) is 40.7 Å². The molecule has 186 valence electrons. The SMILES string of the molecule is CCOc1cc(/C=C2\SC(=Nc3ccc(C(=O)O)cc3)N(C)C2=O)ccc1OCc1ccccc1C#N. The molecule has 37 heavy (non-hydrogen) atoms. The van der Waals surface area contributed by atoms with Crippen molar-refractivity contribution >= 4 is 40.6 Å². The Bertz CT molecular complexity index is 1440. The average Bonchev–Trinajstić information content (AvgIpc) is 3.16. The molecule has 1 aliphatic rings. The lowest BCUT2D eigenvalue weighted by atomic mass is 10.1.